The lowest BCUT2D eigenvalue weighted by atomic mass is 9.84. The smallest absolute Gasteiger partial charge is 0.407 e. The number of rotatable bonds is 10. The van der Waals surface area contributed by atoms with E-state index in [9.17, 15) is 4.79 Å². The maximum atomic E-state index is 12.4. The zero-order valence-electron chi connectivity index (χ0n) is 20.5. The summed E-state index contributed by atoms with van der Waals surface area (Å²) in [5.74, 6) is 1.70. The molecule has 1 atom stereocenters. The lowest BCUT2D eigenvalue weighted by molar-refractivity contribution is 0.136. The molecule has 0 bridgehead atoms. The molecule has 1 amide bonds. The van der Waals surface area contributed by atoms with Crippen LogP contribution in [0.1, 0.15) is 43.0 Å². The van der Waals surface area contributed by atoms with Gasteiger partial charge in [0.15, 0.2) is 0 Å². The van der Waals surface area contributed by atoms with E-state index in [1.54, 1.807) is 11.8 Å². The third kappa shape index (κ3) is 8.14. The van der Waals surface area contributed by atoms with Gasteiger partial charge in [0, 0.05) is 11.8 Å². The van der Waals surface area contributed by atoms with Crippen molar-refractivity contribution >= 4 is 17.9 Å². The van der Waals surface area contributed by atoms with Crippen LogP contribution < -0.4 is 10.1 Å². The summed E-state index contributed by atoms with van der Waals surface area (Å²) in [5, 5.41) is 3.04. The highest BCUT2D eigenvalue weighted by Crippen LogP contribution is 2.33. The van der Waals surface area contributed by atoms with Crippen LogP contribution in [0.2, 0.25) is 0 Å². The number of carbonyl (C=O) groups excluding carboxylic acids is 1. The van der Waals surface area contributed by atoms with Crippen molar-refractivity contribution < 1.29 is 14.3 Å². The van der Waals surface area contributed by atoms with Gasteiger partial charge in [-0.2, -0.15) is 11.8 Å². The molecule has 1 unspecified atom stereocenters. The van der Waals surface area contributed by atoms with E-state index in [2.05, 4.69) is 56.4 Å². The van der Waals surface area contributed by atoms with Crippen molar-refractivity contribution in [2.24, 2.45) is 0 Å². The van der Waals surface area contributed by atoms with Gasteiger partial charge in [0.25, 0.3) is 0 Å². The minimum absolute atomic E-state index is 0.0258. The monoisotopic (exact) mass is 477 g/mol. The summed E-state index contributed by atoms with van der Waals surface area (Å²) < 4.78 is 11.6. The van der Waals surface area contributed by atoms with Crippen LogP contribution in [0, 0.1) is 0 Å². The fourth-order valence-electron chi connectivity index (χ4n) is 3.72. The van der Waals surface area contributed by atoms with Crippen molar-refractivity contribution in [2.75, 3.05) is 12.0 Å². The second-order valence-corrected chi connectivity index (χ2v) is 10.3. The molecule has 0 aromatic heterocycles. The number of ether oxygens (including phenoxy) is 2. The van der Waals surface area contributed by atoms with Gasteiger partial charge in [-0.05, 0) is 46.4 Å². The Kier molecular flexibility index (Phi) is 9.46. The van der Waals surface area contributed by atoms with Gasteiger partial charge in [-0.3, -0.25) is 0 Å². The number of hydrogen-bond acceptors (Lipinski definition) is 4. The zero-order valence-corrected chi connectivity index (χ0v) is 21.4. The molecule has 0 heterocycles. The summed E-state index contributed by atoms with van der Waals surface area (Å²) in [5.41, 5.74) is 4.37. The standard InChI is InChI=1S/C29H35NO3S/c1-29(2,3)26-18-24(15-16-27(26)32-19-22-11-7-5-8-12-22)17-25(21-34-4)30-28(31)33-20-23-13-9-6-10-14-23/h5-16,18,25H,17,19-21H2,1-4H3,(H,30,31). The number of thioether (sulfide) groups is 1. The lowest BCUT2D eigenvalue weighted by Gasteiger charge is -2.25. The third-order valence-corrected chi connectivity index (χ3v) is 6.21. The molecule has 1 N–H and O–H groups in total. The molecule has 34 heavy (non-hydrogen) atoms. The average molecular weight is 478 g/mol. The van der Waals surface area contributed by atoms with Gasteiger partial charge in [-0.25, -0.2) is 4.79 Å². The molecule has 0 fully saturated rings. The molecule has 0 saturated heterocycles. The van der Waals surface area contributed by atoms with E-state index < -0.39 is 0 Å². The molecular formula is C29H35NO3S. The first-order chi connectivity index (χ1) is 16.3. The van der Waals surface area contributed by atoms with E-state index in [0.717, 1.165) is 34.6 Å². The summed E-state index contributed by atoms with van der Waals surface area (Å²) in [6, 6.07) is 26.3. The Bertz CT molecular complexity index is 1030. The Labute approximate surface area is 208 Å². The molecule has 0 aliphatic rings. The highest BCUT2D eigenvalue weighted by Gasteiger charge is 2.21. The molecule has 180 valence electrons. The van der Waals surface area contributed by atoms with E-state index in [1.165, 1.54) is 5.56 Å². The van der Waals surface area contributed by atoms with E-state index in [4.69, 9.17) is 9.47 Å². The third-order valence-electron chi connectivity index (χ3n) is 5.47. The number of carbonyl (C=O) groups is 1. The molecular weight excluding hydrogens is 442 g/mol. The Morgan fingerprint density at radius 2 is 1.50 bits per heavy atom. The number of benzene rings is 3. The van der Waals surface area contributed by atoms with Crippen molar-refractivity contribution in [1.82, 2.24) is 5.32 Å². The van der Waals surface area contributed by atoms with Crippen LogP contribution in [-0.2, 0) is 29.8 Å². The van der Waals surface area contributed by atoms with Crippen LogP contribution in [0.3, 0.4) is 0 Å². The minimum atomic E-state index is -0.387. The first kappa shape index (κ1) is 25.7. The van der Waals surface area contributed by atoms with Crippen LogP contribution in [0.15, 0.2) is 78.9 Å². The second kappa shape index (κ2) is 12.5. The summed E-state index contributed by atoms with van der Waals surface area (Å²) in [6.45, 7) is 7.38. The van der Waals surface area contributed by atoms with Crippen LogP contribution in [0.4, 0.5) is 4.79 Å². The Morgan fingerprint density at radius 3 is 2.09 bits per heavy atom. The summed E-state index contributed by atoms with van der Waals surface area (Å²) in [4.78, 5) is 12.4. The Balaban J connectivity index is 1.66. The van der Waals surface area contributed by atoms with Gasteiger partial charge in [-0.15, -0.1) is 0 Å². The number of hydrogen-bond donors (Lipinski definition) is 1. The number of nitrogens with one attached hydrogen (secondary N) is 1. The largest absolute Gasteiger partial charge is 0.489 e. The molecule has 5 heteroatoms. The second-order valence-electron chi connectivity index (χ2n) is 9.42. The first-order valence-electron chi connectivity index (χ1n) is 11.6. The quantitative estimate of drug-likeness (QED) is 0.350. The molecule has 0 saturated carbocycles. The van der Waals surface area contributed by atoms with Gasteiger partial charge in [0.2, 0.25) is 0 Å². The number of amides is 1. The summed E-state index contributed by atoms with van der Waals surface area (Å²) in [6.07, 6.45) is 2.38. The van der Waals surface area contributed by atoms with Crippen LogP contribution >= 0.6 is 11.8 Å². The van der Waals surface area contributed by atoms with Gasteiger partial charge in [0.1, 0.15) is 19.0 Å². The fraction of sp³-hybridized carbons (Fsp3) is 0.345. The number of alkyl carbamates (subject to hydrolysis) is 1. The Morgan fingerprint density at radius 1 is 0.882 bits per heavy atom. The van der Waals surface area contributed by atoms with Gasteiger partial charge < -0.3 is 14.8 Å². The normalized spacial score (nSPS) is 12.1. The topological polar surface area (TPSA) is 47.6 Å². The van der Waals surface area contributed by atoms with Crippen molar-refractivity contribution in [3.05, 3.63) is 101 Å². The molecule has 0 spiro atoms. The molecule has 0 aliphatic heterocycles. The Hall–Kier alpha value is -2.92. The van der Waals surface area contributed by atoms with Gasteiger partial charge in [0.05, 0.1) is 0 Å². The van der Waals surface area contributed by atoms with E-state index in [-0.39, 0.29) is 24.2 Å². The maximum Gasteiger partial charge on any atom is 0.407 e. The van der Waals surface area contributed by atoms with Crippen molar-refractivity contribution in [3.8, 4) is 5.75 Å². The summed E-state index contributed by atoms with van der Waals surface area (Å²) in [7, 11) is 0. The predicted molar refractivity (Wildman–Crippen MR) is 142 cm³/mol. The summed E-state index contributed by atoms with van der Waals surface area (Å²) >= 11 is 1.71. The van der Waals surface area contributed by atoms with Crippen molar-refractivity contribution in [1.29, 1.82) is 0 Å². The predicted octanol–water partition coefficient (Wildman–Crippen LogP) is 6.76. The SMILES string of the molecule is CSCC(Cc1ccc(OCc2ccccc2)c(C(C)(C)C)c1)NC(=O)OCc1ccccc1. The molecule has 0 aliphatic carbocycles. The molecule has 0 radical (unpaired) electrons. The lowest BCUT2D eigenvalue weighted by Crippen LogP contribution is -2.38. The van der Waals surface area contributed by atoms with E-state index >= 15 is 0 Å². The molecule has 3 aromatic carbocycles. The average Bonchev–Trinajstić information content (AvgIpc) is 2.83. The van der Waals surface area contributed by atoms with Crippen molar-refractivity contribution in [3.63, 3.8) is 0 Å². The van der Waals surface area contributed by atoms with Gasteiger partial charge in [-0.1, -0.05) is 93.6 Å². The highest BCUT2D eigenvalue weighted by atomic mass is 32.2. The van der Waals surface area contributed by atoms with E-state index in [1.807, 2.05) is 54.8 Å². The highest BCUT2D eigenvalue weighted by molar-refractivity contribution is 7.98. The van der Waals surface area contributed by atoms with Crippen LogP contribution in [-0.4, -0.2) is 24.1 Å². The minimum Gasteiger partial charge on any atom is -0.489 e. The van der Waals surface area contributed by atoms with Gasteiger partial charge >= 0.3 is 6.09 Å². The first-order valence-corrected chi connectivity index (χ1v) is 13.0. The molecule has 3 rings (SSSR count). The van der Waals surface area contributed by atoms with Crippen molar-refractivity contribution in [2.45, 2.75) is 51.9 Å². The molecule has 4 nitrogen and oxygen atoms in total. The fourth-order valence-corrected chi connectivity index (χ4v) is 4.32. The zero-order chi connectivity index (χ0) is 24.4. The maximum absolute atomic E-state index is 12.4. The van der Waals surface area contributed by atoms with E-state index in [0.29, 0.717) is 6.61 Å². The van der Waals surface area contributed by atoms with Crippen LogP contribution in [0.5, 0.6) is 5.75 Å². The molecule has 3 aromatic rings. The van der Waals surface area contributed by atoms with Crippen LogP contribution in [0.25, 0.3) is 0 Å².